The number of carbonyl (C=O) groups excluding carboxylic acids is 1. The number of ether oxygens (including phenoxy) is 3. The van der Waals surface area contributed by atoms with Crippen molar-refractivity contribution in [3.63, 3.8) is 0 Å². The van der Waals surface area contributed by atoms with Crippen LogP contribution in [0.25, 0.3) is 0 Å². The lowest BCUT2D eigenvalue weighted by molar-refractivity contribution is -0.126. The highest BCUT2D eigenvalue weighted by molar-refractivity contribution is 7.80. The average molecular weight is 350 g/mol. The van der Waals surface area contributed by atoms with Gasteiger partial charge in [-0.25, -0.2) is 0 Å². The molecule has 0 aliphatic carbocycles. The van der Waals surface area contributed by atoms with E-state index in [4.69, 9.17) is 14.2 Å². The van der Waals surface area contributed by atoms with E-state index in [-0.39, 0.29) is 12.5 Å². The molecule has 1 atom stereocenters. The topological polar surface area (TPSA) is 56.8 Å². The van der Waals surface area contributed by atoms with Crippen LogP contribution in [0.1, 0.15) is 46.5 Å². The molecule has 0 aliphatic heterocycles. The van der Waals surface area contributed by atoms with Crippen LogP contribution in [0.2, 0.25) is 0 Å². The van der Waals surface area contributed by atoms with Gasteiger partial charge in [0.2, 0.25) is 5.91 Å². The fourth-order valence-corrected chi connectivity index (χ4v) is 2.06. The van der Waals surface area contributed by atoms with E-state index in [0.717, 1.165) is 31.8 Å². The Kier molecular flexibility index (Phi) is 16.3. The molecule has 1 unspecified atom stereocenters. The number of thiol groups is 1. The first-order valence-electron chi connectivity index (χ1n) is 8.70. The Bertz CT molecular complexity index is 275. The molecule has 0 fully saturated rings. The lowest BCUT2D eigenvalue weighted by Gasteiger charge is -2.08. The van der Waals surface area contributed by atoms with E-state index in [1.165, 1.54) is 6.42 Å². The predicted octanol–water partition coefficient (Wildman–Crippen LogP) is 2.69. The minimum atomic E-state index is -0.0784. The van der Waals surface area contributed by atoms with Gasteiger partial charge in [0.05, 0.1) is 26.4 Å². The van der Waals surface area contributed by atoms with Crippen molar-refractivity contribution in [3.8, 4) is 0 Å². The van der Waals surface area contributed by atoms with Gasteiger partial charge in [-0.15, -0.1) is 0 Å². The Morgan fingerprint density at radius 2 is 1.52 bits per heavy atom. The maximum Gasteiger partial charge on any atom is 0.245 e. The van der Waals surface area contributed by atoms with Gasteiger partial charge in [-0.3, -0.25) is 4.79 Å². The van der Waals surface area contributed by atoms with Crippen LogP contribution in [0.4, 0.5) is 0 Å². The van der Waals surface area contributed by atoms with Gasteiger partial charge >= 0.3 is 0 Å². The second kappa shape index (κ2) is 16.6. The number of hydrogen-bond donors (Lipinski definition) is 2. The number of rotatable bonds is 16. The molecule has 1 amide bonds. The van der Waals surface area contributed by atoms with Crippen LogP contribution in [-0.2, 0) is 19.0 Å². The third kappa shape index (κ3) is 19.7. The summed E-state index contributed by atoms with van der Waals surface area (Å²) >= 11 is 4.29. The van der Waals surface area contributed by atoms with Gasteiger partial charge in [0.25, 0.3) is 0 Å². The van der Waals surface area contributed by atoms with Crippen LogP contribution in [0.5, 0.6) is 0 Å². The van der Waals surface area contributed by atoms with E-state index >= 15 is 0 Å². The third-order valence-electron chi connectivity index (χ3n) is 3.17. The molecular formula is C17H35NO4S. The third-order valence-corrected chi connectivity index (χ3v) is 3.43. The predicted molar refractivity (Wildman–Crippen MR) is 97.2 cm³/mol. The Morgan fingerprint density at radius 1 is 0.913 bits per heavy atom. The molecule has 0 saturated carbocycles. The van der Waals surface area contributed by atoms with Gasteiger partial charge in [0, 0.05) is 13.2 Å². The molecule has 0 rings (SSSR count). The first-order chi connectivity index (χ1) is 11.0. The van der Waals surface area contributed by atoms with Crippen molar-refractivity contribution < 1.29 is 19.0 Å². The summed E-state index contributed by atoms with van der Waals surface area (Å²) in [6, 6.07) is 0. The van der Waals surface area contributed by atoms with Gasteiger partial charge in [0.1, 0.15) is 6.61 Å². The van der Waals surface area contributed by atoms with Gasteiger partial charge in [-0.05, 0) is 36.9 Å². The number of carbonyl (C=O) groups is 1. The first kappa shape index (κ1) is 22.7. The molecule has 23 heavy (non-hydrogen) atoms. The van der Waals surface area contributed by atoms with Crippen LogP contribution >= 0.6 is 12.6 Å². The van der Waals surface area contributed by atoms with Crippen molar-refractivity contribution in [1.29, 1.82) is 0 Å². The molecule has 6 heteroatoms. The van der Waals surface area contributed by atoms with Crippen molar-refractivity contribution in [2.75, 3.05) is 46.2 Å². The molecule has 0 heterocycles. The van der Waals surface area contributed by atoms with Crippen molar-refractivity contribution in [1.82, 2.24) is 5.32 Å². The fourth-order valence-electron chi connectivity index (χ4n) is 1.87. The molecule has 0 aromatic rings. The molecule has 0 radical (unpaired) electrons. The fraction of sp³-hybridized carbons (Fsp3) is 0.941. The quantitative estimate of drug-likeness (QED) is 0.332. The van der Waals surface area contributed by atoms with Crippen LogP contribution in [0.3, 0.4) is 0 Å². The first-order valence-corrected chi connectivity index (χ1v) is 9.22. The van der Waals surface area contributed by atoms with Gasteiger partial charge in [-0.1, -0.05) is 20.8 Å². The molecule has 0 aliphatic rings. The molecule has 0 bridgehead atoms. The summed E-state index contributed by atoms with van der Waals surface area (Å²) in [6.07, 6.45) is 4.24. The van der Waals surface area contributed by atoms with E-state index in [1.54, 1.807) is 0 Å². The lowest BCUT2D eigenvalue weighted by Crippen LogP contribution is -2.29. The molecule has 0 aromatic heterocycles. The normalized spacial score (nSPS) is 12.6. The maximum absolute atomic E-state index is 11.5. The summed E-state index contributed by atoms with van der Waals surface area (Å²) in [5.74, 6) is 0.654. The zero-order valence-corrected chi connectivity index (χ0v) is 15.9. The maximum atomic E-state index is 11.5. The largest absolute Gasteiger partial charge is 0.379 e. The summed E-state index contributed by atoms with van der Waals surface area (Å²) in [5, 5.41) is 3.19. The highest BCUT2D eigenvalue weighted by Gasteiger charge is 2.01. The standard InChI is InChI=1S/C17H35NO4S/c1-15(2)6-5-9-20-10-11-21-12-13-22-14-17(19)18-8-4-7-16(3)23/h15-16,23H,4-14H2,1-3H3,(H,18,19). The molecular weight excluding hydrogens is 314 g/mol. The Morgan fingerprint density at radius 3 is 2.13 bits per heavy atom. The van der Waals surface area contributed by atoms with Gasteiger partial charge in [-0.2, -0.15) is 12.6 Å². The Balaban J connectivity index is 3.16. The molecule has 1 N–H and O–H groups in total. The van der Waals surface area contributed by atoms with Crippen LogP contribution < -0.4 is 5.32 Å². The second-order valence-corrected chi connectivity index (χ2v) is 7.04. The molecule has 0 aromatic carbocycles. The Labute approximate surface area is 147 Å². The monoisotopic (exact) mass is 349 g/mol. The minimum Gasteiger partial charge on any atom is -0.379 e. The number of hydrogen-bond acceptors (Lipinski definition) is 5. The molecule has 138 valence electrons. The summed E-state index contributed by atoms with van der Waals surface area (Å²) in [7, 11) is 0. The van der Waals surface area contributed by atoms with E-state index in [0.29, 0.717) is 38.2 Å². The van der Waals surface area contributed by atoms with Crippen LogP contribution in [0, 0.1) is 5.92 Å². The van der Waals surface area contributed by atoms with Crippen molar-refractivity contribution in [3.05, 3.63) is 0 Å². The highest BCUT2D eigenvalue weighted by atomic mass is 32.1. The zero-order chi connectivity index (χ0) is 17.3. The van der Waals surface area contributed by atoms with E-state index in [2.05, 4.69) is 31.8 Å². The summed E-state index contributed by atoms with van der Waals surface area (Å²) in [4.78, 5) is 11.5. The van der Waals surface area contributed by atoms with Crippen LogP contribution in [-0.4, -0.2) is 57.3 Å². The summed E-state index contributed by atoms with van der Waals surface area (Å²) < 4.78 is 16.1. The number of nitrogens with one attached hydrogen (secondary N) is 1. The highest BCUT2D eigenvalue weighted by Crippen LogP contribution is 2.03. The second-order valence-electron chi connectivity index (χ2n) is 6.15. The summed E-state index contributed by atoms with van der Waals surface area (Å²) in [5.41, 5.74) is 0. The zero-order valence-electron chi connectivity index (χ0n) is 15.0. The Hall–Kier alpha value is -0.300. The van der Waals surface area contributed by atoms with E-state index in [9.17, 15) is 4.79 Å². The van der Waals surface area contributed by atoms with Gasteiger partial charge in [0.15, 0.2) is 0 Å². The van der Waals surface area contributed by atoms with Crippen LogP contribution in [0.15, 0.2) is 0 Å². The summed E-state index contributed by atoms with van der Waals surface area (Å²) in [6.45, 7) is 10.1. The minimum absolute atomic E-state index is 0.0784. The van der Waals surface area contributed by atoms with Crippen molar-refractivity contribution in [2.45, 2.75) is 51.7 Å². The average Bonchev–Trinajstić information content (AvgIpc) is 2.48. The number of amides is 1. The smallest absolute Gasteiger partial charge is 0.245 e. The van der Waals surface area contributed by atoms with E-state index in [1.807, 2.05) is 6.92 Å². The molecule has 5 nitrogen and oxygen atoms in total. The SMILES string of the molecule is CC(C)CCCOCCOCCOCC(=O)NCCCC(C)S. The van der Waals surface area contributed by atoms with Crippen molar-refractivity contribution >= 4 is 18.5 Å². The molecule has 0 spiro atoms. The van der Waals surface area contributed by atoms with Crippen molar-refractivity contribution in [2.24, 2.45) is 5.92 Å². The van der Waals surface area contributed by atoms with Gasteiger partial charge < -0.3 is 19.5 Å². The lowest BCUT2D eigenvalue weighted by atomic mass is 10.1. The molecule has 0 saturated heterocycles. The van der Waals surface area contributed by atoms with E-state index < -0.39 is 0 Å².